The van der Waals surface area contributed by atoms with Gasteiger partial charge in [0.25, 0.3) is 0 Å². The number of allylic oxidation sites excluding steroid dienone is 1. The van der Waals surface area contributed by atoms with Gasteiger partial charge in [0.1, 0.15) is 11.1 Å². The maximum absolute atomic E-state index is 12.8. The van der Waals surface area contributed by atoms with E-state index in [1.165, 1.54) is 27.6 Å². The molecule has 6 aromatic rings. The molecule has 6 rings (SSSR count). The summed E-state index contributed by atoms with van der Waals surface area (Å²) in [6.45, 7) is 0. The van der Waals surface area contributed by atoms with Crippen molar-refractivity contribution in [3.63, 3.8) is 0 Å². The average molecular weight is 400 g/mol. The van der Waals surface area contributed by atoms with E-state index in [-0.39, 0.29) is 11.3 Å². The van der Waals surface area contributed by atoms with Gasteiger partial charge >= 0.3 is 5.63 Å². The minimum absolute atomic E-state index is 0.0349. The monoisotopic (exact) mass is 400 g/mol. The Kier molecular flexibility index (Phi) is 3.77. The molecule has 0 fully saturated rings. The van der Waals surface area contributed by atoms with Crippen LogP contribution in [0.4, 0.5) is 0 Å². The Morgan fingerprint density at radius 2 is 1.39 bits per heavy atom. The number of benzene rings is 5. The molecule has 0 amide bonds. The molecule has 0 N–H and O–H groups in total. The molecule has 146 valence electrons. The molecule has 3 heteroatoms. The van der Waals surface area contributed by atoms with E-state index in [4.69, 9.17) is 4.42 Å². The van der Waals surface area contributed by atoms with Gasteiger partial charge in [-0.3, -0.25) is 4.79 Å². The Hall–Kier alpha value is -4.24. The molecule has 0 bridgehead atoms. The highest BCUT2D eigenvalue weighted by Crippen LogP contribution is 2.36. The number of para-hydroxylation sites is 1. The lowest BCUT2D eigenvalue weighted by atomic mass is 9.92. The molecule has 3 nitrogen and oxygen atoms in total. The molecule has 0 unspecified atom stereocenters. The molecular weight excluding hydrogens is 384 g/mol. The zero-order valence-corrected chi connectivity index (χ0v) is 16.5. The second kappa shape index (κ2) is 6.64. The summed E-state index contributed by atoms with van der Waals surface area (Å²) in [7, 11) is 0. The van der Waals surface area contributed by atoms with Crippen LogP contribution in [0.5, 0.6) is 0 Å². The van der Waals surface area contributed by atoms with Gasteiger partial charge in [0, 0.05) is 5.39 Å². The maximum Gasteiger partial charge on any atom is 0.347 e. The van der Waals surface area contributed by atoms with E-state index < -0.39 is 5.63 Å². The fourth-order valence-electron chi connectivity index (χ4n) is 4.39. The first kappa shape index (κ1) is 17.6. The van der Waals surface area contributed by atoms with Gasteiger partial charge in [-0.05, 0) is 56.1 Å². The molecule has 0 aliphatic carbocycles. The Bertz CT molecular complexity index is 1700. The van der Waals surface area contributed by atoms with E-state index in [1.54, 1.807) is 24.3 Å². The number of carbonyl (C=O) groups excluding carboxylic acids is 1. The van der Waals surface area contributed by atoms with Crippen LogP contribution < -0.4 is 5.63 Å². The van der Waals surface area contributed by atoms with Crippen molar-refractivity contribution in [3.8, 4) is 0 Å². The van der Waals surface area contributed by atoms with Crippen molar-refractivity contribution in [2.24, 2.45) is 0 Å². The van der Waals surface area contributed by atoms with Crippen molar-refractivity contribution in [1.82, 2.24) is 0 Å². The fourth-order valence-corrected chi connectivity index (χ4v) is 4.39. The van der Waals surface area contributed by atoms with Gasteiger partial charge < -0.3 is 4.42 Å². The van der Waals surface area contributed by atoms with Crippen LogP contribution in [0, 0.1) is 0 Å². The molecule has 0 atom stereocenters. The van der Waals surface area contributed by atoms with Gasteiger partial charge in [0.15, 0.2) is 5.78 Å². The van der Waals surface area contributed by atoms with Crippen LogP contribution in [0.3, 0.4) is 0 Å². The van der Waals surface area contributed by atoms with Gasteiger partial charge in [-0.25, -0.2) is 4.79 Å². The van der Waals surface area contributed by atoms with Crippen LogP contribution >= 0.6 is 0 Å². The predicted molar refractivity (Wildman–Crippen MR) is 126 cm³/mol. The summed E-state index contributed by atoms with van der Waals surface area (Å²) in [5, 5.41) is 7.78. The van der Waals surface area contributed by atoms with Gasteiger partial charge in [-0.1, -0.05) is 78.9 Å². The second-order valence-corrected chi connectivity index (χ2v) is 7.69. The SMILES string of the molecule is O=C(/C=C/c1ccc2ccc3cccc4ccc1c2c34)c1cc2ccccc2oc1=O. The highest BCUT2D eigenvalue weighted by molar-refractivity contribution is 6.24. The third kappa shape index (κ3) is 2.75. The van der Waals surface area contributed by atoms with Crippen molar-refractivity contribution in [2.45, 2.75) is 0 Å². The van der Waals surface area contributed by atoms with E-state index in [2.05, 4.69) is 48.5 Å². The zero-order valence-electron chi connectivity index (χ0n) is 16.5. The number of hydrogen-bond donors (Lipinski definition) is 0. The molecule has 31 heavy (non-hydrogen) atoms. The molecule has 0 saturated heterocycles. The summed E-state index contributed by atoms with van der Waals surface area (Å²) in [6, 6.07) is 27.6. The van der Waals surface area contributed by atoms with Crippen LogP contribution in [0.2, 0.25) is 0 Å². The molecule has 0 aliphatic heterocycles. The minimum atomic E-state index is -0.622. The molecule has 0 aliphatic rings. The topological polar surface area (TPSA) is 47.3 Å². The van der Waals surface area contributed by atoms with Crippen molar-refractivity contribution in [3.05, 3.63) is 113 Å². The van der Waals surface area contributed by atoms with E-state index in [9.17, 15) is 9.59 Å². The van der Waals surface area contributed by atoms with E-state index in [1.807, 2.05) is 18.2 Å². The molecule has 0 saturated carbocycles. The lowest BCUT2D eigenvalue weighted by molar-refractivity contribution is 0.104. The molecule has 0 radical (unpaired) electrons. The van der Waals surface area contributed by atoms with Crippen LogP contribution in [-0.2, 0) is 0 Å². The van der Waals surface area contributed by atoms with Gasteiger partial charge in [-0.15, -0.1) is 0 Å². The third-order valence-electron chi connectivity index (χ3n) is 5.88. The normalized spacial score (nSPS) is 12.0. The molecule has 0 spiro atoms. The third-order valence-corrected chi connectivity index (χ3v) is 5.88. The summed E-state index contributed by atoms with van der Waals surface area (Å²) in [5.41, 5.74) is 0.820. The molecule has 1 heterocycles. The van der Waals surface area contributed by atoms with E-state index in [0.29, 0.717) is 5.58 Å². The van der Waals surface area contributed by atoms with E-state index in [0.717, 1.165) is 21.7 Å². The highest BCUT2D eigenvalue weighted by atomic mass is 16.4. The first-order chi connectivity index (χ1) is 15.2. The maximum atomic E-state index is 12.8. The first-order valence-corrected chi connectivity index (χ1v) is 10.1. The van der Waals surface area contributed by atoms with Gasteiger partial charge in [-0.2, -0.15) is 0 Å². The zero-order chi connectivity index (χ0) is 20.9. The summed E-state index contributed by atoms with van der Waals surface area (Å²) in [5.74, 6) is -0.370. The quantitative estimate of drug-likeness (QED) is 0.146. The number of hydrogen-bond acceptors (Lipinski definition) is 3. The average Bonchev–Trinajstić information content (AvgIpc) is 2.81. The molecule has 1 aromatic heterocycles. The number of rotatable bonds is 3. The Morgan fingerprint density at radius 3 is 2.23 bits per heavy atom. The van der Waals surface area contributed by atoms with Crippen LogP contribution in [-0.4, -0.2) is 5.78 Å². The largest absolute Gasteiger partial charge is 0.422 e. The molecular formula is C28H16O3. The second-order valence-electron chi connectivity index (χ2n) is 7.69. The minimum Gasteiger partial charge on any atom is -0.422 e. The highest BCUT2D eigenvalue weighted by Gasteiger charge is 2.12. The number of fused-ring (bicyclic) bond motifs is 1. The smallest absolute Gasteiger partial charge is 0.347 e. The standard InChI is InChI=1S/C28H16O3/c29-24(23-16-21-4-1-2-7-25(21)31-28(23)30)15-13-17-8-9-20-11-10-18-5-3-6-19-12-14-22(17)27(20)26(18)19/h1-16H/b15-13+. The fraction of sp³-hybridized carbons (Fsp3) is 0. The number of ketones is 1. The van der Waals surface area contributed by atoms with Crippen LogP contribution in [0.25, 0.3) is 49.4 Å². The van der Waals surface area contributed by atoms with Crippen molar-refractivity contribution in [1.29, 1.82) is 0 Å². The lowest BCUT2D eigenvalue weighted by Crippen LogP contribution is -2.11. The van der Waals surface area contributed by atoms with Crippen LogP contribution in [0.15, 0.2) is 100 Å². The summed E-state index contributed by atoms with van der Waals surface area (Å²) in [6.07, 6.45) is 3.23. The first-order valence-electron chi connectivity index (χ1n) is 10.1. The summed E-state index contributed by atoms with van der Waals surface area (Å²) >= 11 is 0. The van der Waals surface area contributed by atoms with Crippen molar-refractivity contribution >= 4 is 55.1 Å². The summed E-state index contributed by atoms with van der Waals surface area (Å²) < 4.78 is 5.30. The predicted octanol–water partition coefficient (Wildman–Crippen LogP) is 6.59. The Morgan fingerprint density at radius 1 is 0.710 bits per heavy atom. The van der Waals surface area contributed by atoms with Crippen molar-refractivity contribution < 1.29 is 9.21 Å². The van der Waals surface area contributed by atoms with Crippen molar-refractivity contribution in [2.75, 3.05) is 0 Å². The molecule has 5 aromatic carbocycles. The summed E-state index contributed by atoms with van der Waals surface area (Å²) in [4.78, 5) is 25.1. The van der Waals surface area contributed by atoms with Gasteiger partial charge in [0.05, 0.1) is 0 Å². The number of carbonyl (C=O) groups is 1. The van der Waals surface area contributed by atoms with Crippen LogP contribution in [0.1, 0.15) is 15.9 Å². The Labute approximate surface area is 177 Å². The lowest BCUT2D eigenvalue weighted by Gasteiger charge is -2.12. The van der Waals surface area contributed by atoms with Gasteiger partial charge in [0.2, 0.25) is 0 Å². The Balaban J connectivity index is 1.48. The van der Waals surface area contributed by atoms with E-state index >= 15 is 0 Å².